The van der Waals surface area contributed by atoms with Crippen molar-refractivity contribution in [2.75, 3.05) is 5.75 Å². The molecule has 0 saturated carbocycles. The van der Waals surface area contributed by atoms with E-state index in [0.717, 1.165) is 35.9 Å². The molecule has 3 heterocycles. The number of rotatable bonds is 8. The molecular weight excluding hydrogens is 454 g/mol. The molecule has 0 bridgehead atoms. The number of thioether (sulfide) groups is 1. The van der Waals surface area contributed by atoms with Crippen LogP contribution in [0.25, 0.3) is 10.2 Å². The maximum atomic E-state index is 13.6. The number of amides is 1. The largest absolute Gasteiger partial charge is 0.467 e. The van der Waals surface area contributed by atoms with Gasteiger partial charge < -0.3 is 9.73 Å². The van der Waals surface area contributed by atoms with Crippen LogP contribution >= 0.6 is 23.1 Å². The lowest BCUT2D eigenvalue weighted by Crippen LogP contribution is -2.27. The summed E-state index contributed by atoms with van der Waals surface area (Å²) >= 11 is 2.96. The van der Waals surface area contributed by atoms with E-state index in [1.54, 1.807) is 28.2 Å². The van der Waals surface area contributed by atoms with Gasteiger partial charge in [-0.2, -0.15) is 0 Å². The van der Waals surface area contributed by atoms with Crippen molar-refractivity contribution >= 4 is 39.2 Å². The number of fused-ring (bicyclic) bond motifs is 3. The summed E-state index contributed by atoms with van der Waals surface area (Å²) in [6.07, 6.45) is 6.58. The Kier molecular flexibility index (Phi) is 6.64. The Labute approximate surface area is 200 Å². The van der Waals surface area contributed by atoms with Crippen molar-refractivity contribution in [1.82, 2.24) is 14.9 Å². The third-order valence-corrected chi connectivity index (χ3v) is 8.04. The van der Waals surface area contributed by atoms with E-state index in [-0.39, 0.29) is 17.2 Å². The Morgan fingerprint density at radius 1 is 1.15 bits per heavy atom. The SMILES string of the molecule is O=C(CSc1nc2sc3c(c2c(=O)n1CCc1ccccc1)CCCC3)NCc1ccco1. The Balaban J connectivity index is 1.41. The molecular formula is C25H25N3O3S2. The molecule has 1 N–H and O–H groups in total. The van der Waals surface area contributed by atoms with Crippen LogP contribution in [0.3, 0.4) is 0 Å². The molecule has 6 nitrogen and oxygen atoms in total. The van der Waals surface area contributed by atoms with Gasteiger partial charge in [0.2, 0.25) is 5.91 Å². The molecule has 0 saturated heterocycles. The van der Waals surface area contributed by atoms with E-state index in [9.17, 15) is 9.59 Å². The van der Waals surface area contributed by atoms with E-state index in [2.05, 4.69) is 17.4 Å². The zero-order valence-corrected chi connectivity index (χ0v) is 19.8. The van der Waals surface area contributed by atoms with Crippen LogP contribution in [0.5, 0.6) is 0 Å². The van der Waals surface area contributed by atoms with Crippen LogP contribution in [-0.2, 0) is 37.1 Å². The van der Waals surface area contributed by atoms with Gasteiger partial charge >= 0.3 is 0 Å². The molecule has 170 valence electrons. The van der Waals surface area contributed by atoms with Gasteiger partial charge in [0.15, 0.2) is 5.16 Å². The number of aryl methyl sites for hydroxylation is 3. The number of aromatic nitrogens is 2. The molecule has 5 rings (SSSR count). The number of nitrogens with zero attached hydrogens (tertiary/aromatic N) is 2. The first kappa shape index (κ1) is 22.0. The summed E-state index contributed by atoms with van der Waals surface area (Å²) in [7, 11) is 0. The maximum Gasteiger partial charge on any atom is 0.263 e. The van der Waals surface area contributed by atoms with Crippen LogP contribution < -0.4 is 10.9 Å². The van der Waals surface area contributed by atoms with Gasteiger partial charge in [-0.3, -0.25) is 14.2 Å². The quantitative estimate of drug-likeness (QED) is 0.296. The van der Waals surface area contributed by atoms with Crippen molar-refractivity contribution in [3.05, 3.63) is 80.8 Å². The van der Waals surface area contributed by atoms with Crippen LogP contribution in [-0.4, -0.2) is 21.2 Å². The second-order valence-electron chi connectivity index (χ2n) is 8.12. The Morgan fingerprint density at radius 2 is 2.00 bits per heavy atom. The third-order valence-electron chi connectivity index (χ3n) is 5.88. The summed E-state index contributed by atoms with van der Waals surface area (Å²) in [5, 5.41) is 4.25. The molecule has 1 aromatic carbocycles. The van der Waals surface area contributed by atoms with Gasteiger partial charge in [-0.1, -0.05) is 42.1 Å². The van der Waals surface area contributed by atoms with E-state index in [1.807, 2.05) is 24.3 Å². The zero-order valence-electron chi connectivity index (χ0n) is 18.2. The Morgan fingerprint density at radius 3 is 2.82 bits per heavy atom. The van der Waals surface area contributed by atoms with Crippen molar-refractivity contribution < 1.29 is 9.21 Å². The van der Waals surface area contributed by atoms with Gasteiger partial charge in [-0.25, -0.2) is 4.98 Å². The number of furan rings is 1. The van der Waals surface area contributed by atoms with E-state index in [0.29, 0.717) is 24.0 Å². The first-order chi connectivity index (χ1) is 16.2. The minimum Gasteiger partial charge on any atom is -0.467 e. The lowest BCUT2D eigenvalue weighted by Gasteiger charge is -2.13. The van der Waals surface area contributed by atoms with Gasteiger partial charge in [0, 0.05) is 11.4 Å². The number of thiophene rings is 1. The number of nitrogens with one attached hydrogen (secondary N) is 1. The molecule has 0 aliphatic heterocycles. The minimum absolute atomic E-state index is 0.0221. The van der Waals surface area contributed by atoms with Crippen molar-refractivity contribution in [2.45, 2.75) is 50.4 Å². The second-order valence-corrected chi connectivity index (χ2v) is 10.1. The molecule has 0 atom stereocenters. The molecule has 3 aromatic heterocycles. The van der Waals surface area contributed by atoms with E-state index < -0.39 is 0 Å². The minimum atomic E-state index is -0.120. The molecule has 0 fully saturated rings. The van der Waals surface area contributed by atoms with E-state index in [4.69, 9.17) is 9.40 Å². The highest BCUT2D eigenvalue weighted by atomic mass is 32.2. The van der Waals surface area contributed by atoms with Crippen LogP contribution in [0.1, 0.15) is 34.6 Å². The number of carbonyl (C=O) groups excluding carboxylic acids is 1. The molecule has 33 heavy (non-hydrogen) atoms. The summed E-state index contributed by atoms with van der Waals surface area (Å²) in [5.41, 5.74) is 2.39. The van der Waals surface area contributed by atoms with Gasteiger partial charge in [0.1, 0.15) is 10.6 Å². The molecule has 1 aliphatic rings. The predicted molar refractivity (Wildman–Crippen MR) is 132 cm³/mol. The van der Waals surface area contributed by atoms with Gasteiger partial charge in [-0.15, -0.1) is 11.3 Å². The Bertz CT molecular complexity index is 1310. The lowest BCUT2D eigenvalue weighted by molar-refractivity contribution is -0.118. The molecule has 4 aromatic rings. The number of hydrogen-bond donors (Lipinski definition) is 1. The van der Waals surface area contributed by atoms with Crippen molar-refractivity contribution in [3.63, 3.8) is 0 Å². The second kappa shape index (κ2) is 9.97. The normalized spacial score (nSPS) is 13.2. The highest BCUT2D eigenvalue weighted by molar-refractivity contribution is 7.99. The Hall–Kier alpha value is -2.84. The predicted octanol–water partition coefficient (Wildman–Crippen LogP) is 4.58. The highest BCUT2D eigenvalue weighted by Gasteiger charge is 2.22. The monoisotopic (exact) mass is 479 g/mol. The van der Waals surface area contributed by atoms with Crippen LogP contribution in [0.4, 0.5) is 0 Å². The van der Waals surface area contributed by atoms with Crippen molar-refractivity contribution in [3.8, 4) is 0 Å². The van der Waals surface area contributed by atoms with E-state index in [1.165, 1.54) is 34.2 Å². The van der Waals surface area contributed by atoms with Crippen LogP contribution in [0, 0.1) is 0 Å². The van der Waals surface area contributed by atoms with Gasteiger partial charge in [0.05, 0.1) is 23.9 Å². The molecule has 0 radical (unpaired) electrons. The fourth-order valence-corrected chi connectivity index (χ4v) is 6.35. The first-order valence-corrected chi connectivity index (χ1v) is 13.0. The van der Waals surface area contributed by atoms with Crippen LogP contribution in [0.2, 0.25) is 0 Å². The standard InChI is InChI=1S/C25H25N3O3S2/c29-21(26-15-18-9-6-14-31-18)16-32-25-27-23-22(19-10-4-5-11-20(19)33-23)24(30)28(25)13-12-17-7-2-1-3-8-17/h1-3,6-9,14H,4-5,10-13,15-16H2,(H,26,29). The molecule has 1 amide bonds. The van der Waals surface area contributed by atoms with Crippen LogP contribution in [0.15, 0.2) is 63.1 Å². The average Bonchev–Trinajstić information content (AvgIpc) is 3.49. The zero-order chi connectivity index (χ0) is 22.6. The van der Waals surface area contributed by atoms with Crippen molar-refractivity contribution in [2.24, 2.45) is 0 Å². The maximum absolute atomic E-state index is 13.6. The molecule has 0 unspecified atom stereocenters. The highest BCUT2D eigenvalue weighted by Crippen LogP contribution is 2.34. The van der Waals surface area contributed by atoms with E-state index >= 15 is 0 Å². The fraction of sp³-hybridized carbons (Fsp3) is 0.320. The third kappa shape index (κ3) is 4.91. The fourth-order valence-electron chi connectivity index (χ4n) is 4.19. The summed E-state index contributed by atoms with van der Waals surface area (Å²) < 4.78 is 7.03. The first-order valence-electron chi connectivity index (χ1n) is 11.2. The summed E-state index contributed by atoms with van der Waals surface area (Å²) in [6, 6.07) is 13.8. The van der Waals surface area contributed by atoms with Gasteiger partial charge in [-0.05, 0) is 55.4 Å². The summed E-state index contributed by atoms with van der Waals surface area (Å²) in [5.74, 6) is 0.775. The molecule has 8 heteroatoms. The lowest BCUT2D eigenvalue weighted by atomic mass is 9.97. The topological polar surface area (TPSA) is 77.1 Å². The smallest absolute Gasteiger partial charge is 0.263 e. The number of benzene rings is 1. The van der Waals surface area contributed by atoms with Crippen molar-refractivity contribution in [1.29, 1.82) is 0 Å². The number of hydrogen-bond acceptors (Lipinski definition) is 6. The summed E-state index contributed by atoms with van der Waals surface area (Å²) in [6.45, 7) is 0.879. The molecule has 1 aliphatic carbocycles. The molecule has 0 spiro atoms. The number of carbonyl (C=O) groups is 1. The summed E-state index contributed by atoms with van der Waals surface area (Å²) in [4.78, 5) is 33.0. The average molecular weight is 480 g/mol. The van der Waals surface area contributed by atoms with Gasteiger partial charge in [0.25, 0.3) is 5.56 Å².